The minimum atomic E-state index is -0.0933. The predicted molar refractivity (Wildman–Crippen MR) is 105 cm³/mol. The summed E-state index contributed by atoms with van der Waals surface area (Å²) in [7, 11) is 1.70. The van der Waals surface area contributed by atoms with Crippen molar-refractivity contribution in [2.75, 3.05) is 13.7 Å². The first-order valence-electron chi connectivity index (χ1n) is 8.98. The molecule has 1 aliphatic carbocycles. The van der Waals surface area contributed by atoms with Gasteiger partial charge >= 0.3 is 161 Å². The summed E-state index contributed by atoms with van der Waals surface area (Å²) in [4.78, 5) is 16.2. The second-order valence-corrected chi connectivity index (χ2v) is 8.68. The standard InChI is InChI=1S/C21H24N2O2Se/c1-25-17-9-11-18(12-10-17)26-20-8-3-2-6-16(20)13-15-23-21(24)19-7-4-5-14-22-19/h4-5,7,9-12,14H,2-3,6,8,13,15H2,1H3,(H,23,24). The Morgan fingerprint density at radius 1 is 1.15 bits per heavy atom. The number of carbonyl (C=O) groups is 1. The summed E-state index contributed by atoms with van der Waals surface area (Å²) < 4.78 is 8.22. The van der Waals surface area contributed by atoms with Gasteiger partial charge in [-0.2, -0.15) is 0 Å². The van der Waals surface area contributed by atoms with Gasteiger partial charge in [0.1, 0.15) is 0 Å². The van der Waals surface area contributed by atoms with Crippen LogP contribution >= 0.6 is 0 Å². The molecule has 1 heterocycles. The van der Waals surface area contributed by atoms with Gasteiger partial charge in [0.2, 0.25) is 0 Å². The first-order valence-corrected chi connectivity index (χ1v) is 10.7. The van der Waals surface area contributed by atoms with Crippen LogP contribution in [0.4, 0.5) is 0 Å². The van der Waals surface area contributed by atoms with Gasteiger partial charge in [-0.25, -0.2) is 0 Å². The maximum atomic E-state index is 12.1. The van der Waals surface area contributed by atoms with Crippen molar-refractivity contribution < 1.29 is 9.53 Å². The van der Waals surface area contributed by atoms with E-state index in [2.05, 4.69) is 22.4 Å². The van der Waals surface area contributed by atoms with Gasteiger partial charge in [0.15, 0.2) is 0 Å². The fourth-order valence-electron chi connectivity index (χ4n) is 3.03. The molecule has 0 radical (unpaired) electrons. The van der Waals surface area contributed by atoms with Crippen molar-refractivity contribution >= 4 is 25.3 Å². The molecule has 0 unspecified atom stereocenters. The number of aromatic nitrogens is 1. The quantitative estimate of drug-likeness (QED) is 0.708. The summed E-state index contributed by atoms with van der Waals surface area (Å²) in [5.41, 5.74) is 2.01. The molecule has 0 saturated heterocycles. The van der Waals surface area contributed by atoms with Crippen LogP contribution in [0, 0.1) is 0 Å². The number of carbonyl (C=O) groups excluding carboxylic acids is 1. The summed E-state index contributed by atoms with van der Waals surface area (Å²) >= 11 is 0.354. The number of rotatable bonds is 7. The molecule has 2 aromatic rings. The Morgan fingerprint density at radius 2 is 1.96 bits per heavy atom. The number of ether oxygens (including phenoxy) is 1. The molecule has 1 aromatic heterocycles. The Morgan fingerprint density at radius 3 is 2.69 bits per heavy atom. The predicted octanol–water partition coefficient (Wildman–Crippen LogP) is 3.07. The van der Waals surface area contributed by atoms with E-state index in [-0.39, 0.29) is 5.91 Å². The number of nitrogens with zero attached hydrogens (tertiary/aromatic N) is 1. The molecule has 1 amide bonds. The molecule has 0 bridgehead atoms. The van der Waals surface area contributed by atoms with Crippen molar-refractivity contribution in [3.05, 3.63) is 64.4 Å². The van der Waals surface area contributed by atoms with Crippen LogP contribution in [0.1, 0.15) is 42.6 Å². The monoisotopic (exact) mass is 416 g/mol. The Kier molecular flexibility index (Phi) is 6.87. The Labute approximate surface area is 161 Å². The van der Waals surface area contributed by atoms with Crippen molar-refractivity contribution in [1.29, 1.82) is 0 Å². The topological polar surface area (TPSA) is 51.2 Å². The van der Waals surface area contributed by atoms with Crippen LogP contribution in [0.25, 0.3) is 0 Å². The van der Waals surface area contributed by atoms with E-state index >= 15 is 0 Å². The van der Waals surface area contributed by atoms with Crippen LogP contribution in [0.3, 0.4) is 0 Å². The normalized spacial score (nSPS) is 14.2. The number of amides is 1. The van der Waals surface area contributed by atoms with Gasteiger partial charge in [0, 0.05) is 0 Å². The molecule has 0 atom stereocenters. The van der Waals surface area contributed by atoms with Crippen molar-refractivity contribution in [2.45, 2.75) is 32.1 Å². The number of methoxy groups -OCH3 is 1. The molecule has 1 aromatic carbocycles. The molecule has 1 N–H and O–H groups in total. The van der Waals surface area contributed by atoms with Gasteiger partial charge in [-0.15, -0.1) is 0 Å². The van der Waals surface area contributed by atoms with Gasteiger partial charge in [-0.1, -0.05) is 0 Å². The molecule has 136 valence electrons. The second-order valence-electron chi connectivity index (χ2n) is 6.23. The van der Waals surface area contributed by atoms with Crippen LogP contribution in [0.15, 0.2) is 58.7 Å². The van der Waals surface area contributed by atoms with Crippen LogP contribution in [0.5, 0.6) is 5.75 Å². The van der Waals surface area contributed by atoms with E-state index in [0.29, 0.717) is 27.2 Å². The number of nitrogens with one attached hydrogen (secondary N) is 1. The van der Waals surface area contributed by atoms with Gasteiger partial charge in [-0.05, 0) is 0 Å². The molecule has 1 aliphatic rings. The zero-order valence-electron chi connectivity index (χ0n) is 15.0. The van der Waals surface area contributed by atoms with Crippen molar-refractivity contribution in [2.24, 2.45) is 0 Å². The minimum absolute atomic E-state index is 0.0933. The fraction of sp³-hybridized carbons (Fsp3) is 0.333. The second kappa shape index (κ2) is 9.56. The van der Waals surface area contributed by atoms with Crippen LogP contribution < -0.4 is 14.5 Å². The summed E-state index contributed by atoms with van der Waals surface area (Å²) in [5.74, 6) is 0.809. The van der Waals surface area contributed by atoms with E-state index in [4.69, 9.17) is 4.74 Å². The van der Waals surface area contributed by atoms with Gasteiger partial charge < -0.3 is 0 Å². The van der Waals surface area contributed by atoms with E-state index in [1.54, 1.807) is 23.8 Å². The van der Waals surface area contributed by atoms with E-state index in [0.717, 1.165) is 18.6 Å². The van der Waals surface area contributed by atoms with Gasteiger partial charge in [0.05, 0.1) is 0 Å². The van der Waals surface area contributed by atoms with E-state index in [9.17, 15) is 4.79 Å². The molecule has 4 nitrogen and oxygen atoms in total. The molecule has 26 heavy (non-hydrogen) atoms. The van der Waals surface area contributed by atoms with E-state index in [1.807, 2.05) is 24.3 Å². The zero-order valence-corrected chi connectivity index (χ0v) is 16.7. The molecule has 3 rings (SSSR count). The molecule has 0 spiro atoms. The molecular formula is C21H24N2O2Se. The molecule has 5 heteroatoms. The Bertz CT molecular complexity index is 757. The average Bonchev–Trinajstić information content (AvgIpc) is 2.70. The SMILES string of the molecule is COc1ccc([Se]C2=C(CCNC(=O)c3ccccn3)CCCC2)cc1. The van der Waals surface area contributed by atoms with Crippen LogP contribution in [0.2, 0.25) is 0 Å². The molecule has 0 fully saturated rings. The summed E-state index contributed by atoms with van der Waals surface area (Å²) in [6.07, 6.45) is 7.46. The third-order valence-electron chi connectivity index (χ3n) is 4.44. The van der Waals surface area contributed by atoms with Gasteiger partial charge in [0.25, 0.3) is 0 Å². The Hall–Kier alpha value is -2.10. The van der Waals surface area contributed by atoms with E-state index in [1.165, 1.54) is 29.3 Å². The van der Waals surface area contributed by atoms with Crippen molar-refractivity contribution in [1.82, 2.24) is 10.3 Å². The molecule has 0 aliphatic heterocycles. The number of pyridine rings is 1. The van der Waals surface area contributed by atoms with Crippen molar-refractivity contribution in [3.8, 4) is 5.75 Å². The first-order chi connectivity index (χ1) is 12.8. The number of hydrogen-bond acceptors (Lipinski definition) is 3. The average molecular weight is 415 g/mol. The third kappa shape index (κ3) is 5.20. The Balaban J connectivity index is 1.59. The van der Waals surface area contributed by atoms with E-state index < -0.39 is 0 Å². The van der Waals surface area contributed by atoms with Crippen LogP contribution in [-0.2, 0) is 0 Å². The zero-order chi connectivity index (χ0) is 18.2. The van der Waals surface area contributed by atoms with Crippen molar-refractivity contribution in [3.63, 3.8) is 0 Å². The molecular weight excluding hydrogens is 391 g/mol. The summed E-state index contributed by atoms with van der Waals surface area (Å²) in [5, 5.41) is 3.00. The number of allylic oxidation sites excluding steroid dienone is 1. The number of benzene rings is 1. The third-order valence-corrected chi connectivity index (χ3v) is 7.05. The maximum absolute atomic E-state index is 12.1. The fourth-order valence-corrected chi connectivity index (χ4v) is 5.44. The first kappa shape index (κ1) is 18.7. The summed E-state index contributed by atoms with van der Waals surface area (Å²) in [6, 6.07) is 13.8. The summed E-state index contributed by atoms with van der Waals surface area (Å²) in [6.45, 7) is 0.674. The van der Waals surface area contributed by atoms with Gasteiger partial charge in [-0.3, -0.25) is 0 Å². The number of hydrogen-bond donors (Lipinski definition) is 1. The molecule has 0 saturated carbocycles. The van der Waals surface area contributed by atoms with Crippen LogP contribution in [-0.4, -0.2) is 39.5 Å².